The molecule has 35 heavy (non-hydrogen) atoms. The Morgan fingerprint density at radius 1 is 1.14 bits per heavy atom. The van der Waals surface area contributed by atoms with E-state index in [0.29, 0.717) is 5.56 Å². The Bertz CT molecular complexity index is 1490. The summed E-state index contributed by atoms with van der Waals surface area (Å²) in [6, 6.07) is 8.32. The first-order valence-corrected chi connectivity index (χ1v) is 12.0. The zero-order valence-electron chi connectivity index (χ0n) is 18.8. The number of carbonyl (C=O) groups excluding carboxylic acids is 1. The van der Waals surface area contributed by atoms with Crippen molar-refractivity contribution in [1.82, 2.24) is 9.38 Å². The van der Waals surface area contributed by atoms with Crippen LogP contribution in [0.25, 0.3) is 5.65 Å². The first kappa shape index (κ1) is 24.3. The summed E-state index contributed by atoms with van der Waals surface area (Å²) in [4.78, 5) is 18.6. The summed E-state index contributed by atoms with van der Waals surface area (Å²) < 4.78 is 74.7. The molecule has 0 saturated carbocycles. The number of carbonyl (C=O) groups is 1. The maximum Gasteiger partial charge on any atom is 0.573 e. The average Bonchev–Trinajstić information content (AvgIpc) is 3.30. The van der Waals surface area contributed by atoms with Crippen molar-refractivity contribution < 1.29 is 35.9 Å². The molecule has 0 spiro atoms. The van der Waals surface area contributed by atoms with E-state index in [2.05, 4.69) is 9.72 Å². The lowest BCUT2D eigenvalue weighted by Gasteiger charge is -2.18. The van der Waals surface area contributed by atoms with Crippen molar-refractivity contribution in [2.45, 2.75) is 44.3 Å². The number of ether oxygens (including phenoxy) is 2. The van der Waals surface area contributed by atoms with Crippen LogP contribution in [-0.4, -0.2) is 41.4 Å². The van der Waals surface area contributed by atoms with Crippen LogP contribution in [-0.2, 0) is 16.4 Å². The SMILES string of the molecule is CCS(=O)(=O)c1c(N2Cc3ccc(OC(F)(F)F)cc3C2=O)nc2ccc(OC(C)(C)C#N)cn12. The number of hydrogen-bond acceptors (Lipinski definition) is 7. The molecule has 9 nitrogen and oxygen atoms in total. The third kappa shape index (κ3) is 4.61. The summed E-state index contributed by atoms with van der Waals surface area (Å²) in [5.74, 6) is -1.55. The van der Waals surface area contributed by atoms with Gasteiger partial charge in [-0.05, 0) is 43.7 Å². The molecule has 184 valence electrons. The average molecular weight is 508 g/mol. The van der Waals surface area contributed by atoms with E-state index < -0.39 is 33.5 Å². The first-order chi connectivity index (χ1) is 16.2. The standard InChI is InChI=1S/C22H19F3N4O5S/c1-4-35(31,32)20-18(27-17-8-7-15(11-28(17)20)33-21(2,3)12-26)29-10-13-5-6-14(34-22(23,24)25)9-16(13)19(29)30/h5-9,11H,4,10H2,1-3H3. The zero-order chi connectivity index (χ0) is 25.8. The van der Waals surface area contributed by atoms with Crippen molar-refractivity contribution in [2.24, 2.45) is 0 Å². The monoisotopic (exact) mass is 508 g/mol. The lowest BCUT2D eigenvalue weighted by atomic mass is 10.1. The van der Waals surface area contributed by atoms with Gasteiger partial charge in [0.25, 0.3) is 5.91 Å². The summed E-state index contributed by atoms with van der Waals surface area (Å²) in [7, 11) is -3.95. The Morgan fingerprint density at radius 3 is 2.46 bits per heavy atom. The number of benzene rings is 1. The van der Waals surface area contributed by atoms with Crippen molar-refractivity contribution in [3.05, 3.63) is 47.7 Å². The van der Waals surface area contributed by atoms with E-state index in [-0.39, 0.29) is 40.1 Å². The van der Waals surface area contributed by atoms with E-state index in [4.69, 9.17) is 4.74 Å². The van der Waals surface area contributed by atoms with Crippen molar-refractivity contribution in [3.8, 4) is 17.6 Å². The van der Waals surface area contributed by atoms with Crippen LogP contribution in [0, 0.1) is 11.3 Å². The fourth-order valence-corrected chi connectivity index (χ4v) is 4.77. The van der Waals surface area contributed by atoms with Gasteiger partial charge in [-0.25, -0.2) is 13.4 Å². The van der Waals surface area contributed by atoms with E-state index in [1.165, 1.54) is 49.6 Å². The summed E-state index contributed by atoms with van der Waals surface area (Å²) in [6.45, 7) is 4.41. The number of nitrogens with zero attached hydrogens (tertiary/aromatic N) is 4. The largest absolute Gasteiger partial charge is 0.573 e. The van der Waals surface area contributed by atoms with E-state index >= 15 is 0 Å². The second kappa shape index (κ2) is 8.16. The zero-order valence-corrected chi connectivity index (χ0v) is 19.6. The van der Waals surface area contributed by atoms with E-state index in [0.717, 1.165) is 17.0 Å². The van der Waals surface area contributed by atoms with Gasteiger partial charge in [-0.15, -0.1) is 13.2 Å². The Morgan fingerprint density at radius 2 is 1.83 bits per heavy atom. The first-order valence-electron chi connectivity index (χ1n) is 10.3. The summed E-state index contributed by atoms with van der Waals surface area (Å²) >= 11 is 0. The molecule has 1 aliphatic rings. The minimum atomic E-state index is -4.93. The molecule has 0 fully saturated rings. The van der Waals surface area contributed by atoms with Gasteiger partial charge in [0.05, 0.1) is 18.5 Å². The van der Waals surface area contributed by atoms with Gasteiger partial charge in [0.1, 0.15) is 23.2 Å². The summed E-state index contributed by atoms with van der Waals surface area (Å²) in [5.41, 5.74) is -0.660. The molecule has 3 aromatic rings. The highest BCUT2D eigenvalue weighted by Gasteiger charge is 2.37. The van der Waals surface area contributed by atoms with E-state index in [9.17, 15) is 31.6 Å². The van der Waals surface area contributed by atoms with Gasteiger partial charge < -0.3 is 9.47 Å². The molecule has 0 atom stereocenters. The molecular formula is C22H19F3N4O5S. The number of imidazole rings is 1. The van der Waals surface area contributed by atoms with E-state index in [1.54, 1.807) is 0 Å². The van der Waals surface area contributed by atoms with Crippen LogP contribution in [0.15, 0.2) is 41.6 Å². The molecule has 1 aliphatic heterocycles. The van der Waals surface area contributed by atoms with E-state index in [1.807, 2.05) is 6.07 Å². The Hall–Kier alpha value is -3.79. The van der Waals surface area contributed by atoms with Crippen molar-refractivity contribution >= 4 is 27.2 Å². The third-order valence-corrected chi connectivity index (χ3v) is 6.95. The molecule has 4 rings (SSSR count). The maximum absolute atomic E-state index is 13.1. The molecule has 3 heterocycles. The molecule has 1 amide bonds. The minimum absolute atomic E-state index is 0.0524. The van der Waals surface area contributed by atoms with Crippen LogP contribution in [0.5, 0.6) is 11.5 Å². The maximum atomic E-state index is 13.1. The molecule has 0 radical (unpaired) electrons. The molecule has 13 heteroatoms. The minimum Gasteiger partial charge on any atom is -0.471 e. The van der Waals surface area contributed by atoms with Crippen LogP contribution in [0.1, 0.15) is 36.7 Å². The van der Waals surface area contributed by atoms with Crippen molar-refractivity contribution in [1.29, 1.82) is 5.26 Å². The smallest absolute Gasteiger partial charge is 0.471 e. The summed E-state index contributed by atoms with van der Waals surface area (Å²) in [5, 5.41) is 8.95. The second-order valence-corrected chi connectivity index (χ2v) is 10.4. The molecule has 0 saturated heterocycles. The topological polar surface area (TPSA) is 114 Å². The van der Waals surface area contributed by atoms with Gasteiger partial charge in [-0.3, -0.25) is 14.1 Å². The molecule has 0 N–H and O–H groups in total. The van der Waals surface area contributed by atoms with Gasteiger partial charge in [0.2, 0.25) is 0 Å². The number of pyridine rings is 1. The lowest BCUT2D eigenvalue weighted by molar-refractivity contribution is -0.274. The lowest BCUT2D eigenvalue weighted by Crippen LogP contribution is -2.26. The fraction of sp³-hybridized carbons (Fsp3) is 0.318. The number of amides is 1. The molecule has 0 unspecified atom stereocenters. The molecular weight excluding hydrogens is 489 g/mol. The number of fused-ring (bicyclic) bond motifs is 2. The Labute approximate surface area is 198 Å². The fourth-order valence-electron chi connectivity index (χ4n) is 3.62. The second-order valence-electron chi connectivity index (χ2n) is 8.22. The molecule has 2 aromatic heterocycles. The highest BCUT2D eigenvalue weighted by Crippen LogP contribution is 2.36. The highest BCUT2D eigenvalue weighted by molar-refractivity contribution is 7.91. The predicted octanol–water partition coefficient (Wildman–Crippen LogP) is 3.87. The normalized spacial score (nSPS) is 14.2. The van der Waals surface area contributed by atoms with Gasteiger partial charge in [-0.2, -0.15) is 5.26 Å². The third-order valence-electron chi connectivity index (χ3n) is 5.22. The van der Waals surface area contributed by atoms with Crippen molar-refractivity contribution in [3.63, 3.8) is 0 Å². The van der Waals surface area contributed by atoms with Gasteiger partial charge in [0, 0.05) is 5.56 Å². The number of nitriles is 1. The van der Waals surface area contributed by atoms with Gasteiger partial charge in [-0.1, -0.05) is 13.0 Å². The van der Waals surface area contributed by atoms with Crippen molar-refractivity contribution in [2.75, 3.05) is 10.7 Å². The number of sulfone groups is 1. The molecule has 1 aromatic carbocycles. The molecule has 0 aliphatic carbocycles. The Kier molecular flexibility index (Phi) is 5.67. The van der Waals surface area contributed by atoms with Crippen LogP contribution < -0.4 is 14.4 Å². The number of alkyl halides is 3. The molecule has 0 bridgehead atoms. The number of aromatic nitrogens is 2. The van der Waals surface area contributed by atoms with Gasteiger partial charge >= 0.3 is 6.36 Å². The van der Waals surface area contributed by atoms with Crippen LogP contribution in [0.4, 0.5) is 19.0 Å². The quantitative estimate of drug-likeness (QED) is 0.497. The predicted molar refractivity (Wildman–Crippen MR) is 117 cm³/mol. The number of hydrogen-bond donors (Lipinski definition) is 0. The number of anilines is 1. The number of rotatable bonds is 6. The van der Waals surface area contributed by atoms with Crippen LogP contribution in [0.3, 0.4) is 0 Å². The van der Waals surface area contributed by atoms with Crippen LogP contribution >= 0.6 is 0 Å². The highest BCUT2D eigenvalue weighted by atomic mass is 32.2. The Balaban J connectivity index is 1.82. The van der Waals surface area contributed by atoms with Gasteiger partial charge in [0.15, 0.2) is 26.3 Å². The number of halogens is 3. The van der Waals surface area contributed by atoms with Crippen LogP contribution in [0.2, 0.25) is 0 Å². The summed E-state index contributed by atoms with van der Waals surface area (Å²) in [6.07, 6.45) is -3.57.